The molecule has 0 unspecified atom stereocenters. The first-order valence-corrected chi connectivity index (χ1v) is 7.94. The van der Waals surface area contributed by atoms with Gasteiger partial charge in [0.25, 0.3) is 0 Å². The van der Waals surface area contributed by atoms with E-state index in [2.05, 4.69) is 5.32 Å². The van der Waals surface area contributed by atoms with Crippen LogP contribution in [0.4, 0.5) is 4.79 Å². The molecule has 1 atom stereocenters. The topological polar surface area (TPSA) is 102 Å². The van der Waals surface area contributed by atoms with Crippen LogP contribution in [0, 0.1) is 0 Å². The second kappa shape index (κ2) is 8.90. The molecule has 7 heteroatoms. The fraction of sp³-hybridized carbons (Fsp3) is 0.471. The lowest BCUT2D eigenvalue weighted by Gasteiger charge is -2.16. The number of hydrogen-bond donors (Lipinski definition) is 2. The summed E-state index contributed by atoms with van der Waals surface area (Å²) in [5.41, 5.74) is 0.778. The van der Waals surface area contributed by atoms with E-state index in [4.69, 9.17) is 14.6 Å². The Bertz CT molecular complexity index is 568. The minimum atomic E-state index is -1.37. The summed E-state index contributed by atoms with van der Waals surface area (Å²) in [6.07, 6.45) is 2.16. The minimum Gasteiger partial charge on any atom is -0.480 e. The molecule has 1 saturated carbocycles. The molecular formula is C17H21NO6. The van der Waals surface area contributed by atoms with E-state index in [1.165, 1.54) is 0 Å². The van der Waals surface area contributed by atoms with Gasteiger partial charge in [0.05, 0.1) is 6.42 Å². The minimum absolute atomic E-state index is 0.0194. The highest BCUT2D eigenvalue weighted by Crippen LogP contribution is 2.21. The van der Waals surface area contributed by atoms with Crippen LogP contribution in [0.15, 0.2) is 30.3 Å². The fourth-order valence-corrected chi connectivity index (χ4v) is 2.51. The molecule has 0 heterocycles. The maximum atomic E-state index is 11.8. The van der Waals surface area contributed by atoms with Crippen molar-refractivity contribution in [3.63, 3.8) is 0 Å². The van der Waals surface area contributed by atoms with E-state index in [0.29, 0.717) is 0 Å². The van der Waals surface area contributed by atoms with Gasteiger partial charge in [0.15, 0.2) is 0 Å². The van der Waals surface area contributed by atoms with Gasteiger partial charge in [-0.25, -0.2) is 9.59 Å². The first-order chi connectivity index (χ1) is 11.5. The average Bonchev–Trinajstić information content (AvgIpc) is 3.06. The van der Waals surface area contributed by atoms with Crippen LogP contribution in [0.5, 0.6) is 0 Å². The highest BCUT2D eigenvalue weighted by molar-refractivity contribution is 5.85. The quantitative estimate of drug-likeness (QED) is 0.741. The van der Waals surface area contributed by atoms with Gasteiger partial charge in [0, 0.05) is 0 Å². The van der Waals surface area contributed by atoms with Crippen molar-refractivity contribution in [2.45, 2.75) is 50.9 Å². The number of alkyl carbamates (subject to hydrolysis) is 1. The molecule has 2 rings (SSSR count). The SMILES string of the molecule is O=C(C[C@H](NC(=O)OCc1ccccc1)C(=O)O)OC1CCCC1. The molecule has 1 fully saturated rings. The number of carbonyl (C=O) groups is 3. The highest BCUT2D eigenvalue weighted by atomic mass is 16.6. The maximum Gasteiger partial charge on any atom is 0.408 e. The Morgan fingerprint density at radius 3 is 2.46 bits per heavy atom. The van der Waals surface area contributed by atoms with Gasteiger partial charge in [-0.05, 0) is 31.2 Å². The van der Waals surface area contributed by atoms with E-state index >= 15 is 0 Å². The number of amides is 1. The Labute approximate surface area is 139 Å². The number of aliphatic carboxylic acids is 1. The zero-order valence-corrected chi connectivity index (χ0v) is 13.3. The Hall–Kier alpha value is -2.57. The summed E-state index contributed by atoms with van der Waals surface area (Å²) in [4.78, 5) is 34.7. The molecule has 1 aromatic rings. The summed E-state index contributed by atoms with van der Waals surface area (Å²) < 4.78 is 10.2. The summed E-state index contributed by atoms with van der Waals surface area (Å²) in [5.74, 6) is -1.94. The number of benzene rings is 1. The smallest absolute Gasteiger partial charge is 0.408 e. The number of esters is 1. The zero-order chi connectivity index (χ0) is 17.4. The number of hydrogen-bond acceptors (Lipinski definition) is 5. The molecule has 0 aliphatic heterocycles. The molecule has 0 bridgehead atoms. The van der Waals surface area contributed by atoms with Crippen molar-refractivity contribution in [2.75, 3.05) is 0 Å². The van der Waals surface area contributed by atoms with E-state index < -0.39 is 30.5 Å². The Morgan fingerprint density at radius 1 is 1.17 bits per heavy atom. The van der Waals surface area contributed by atoms with Crippen molar-refractivity contribution in [3.05, 3.63) is 35.9 Å². The maximum absolute atomic E-state index is 11.8. The van der Waals surface area contributed by atoms with Crippen LogP contribution in [-0.2, 0) is 25.7 Å². The van der Waals surface area contributed by atoms with Crippen molar-refractivity contribution in [1.29, 1.82) is 0 Å². The third kappa shape index (κ3) is 5.91. The van der Waals surface area contributed by atoms with E-state index in [0.717, 1.165) is 31.2 Å². The van der Waals surface area contributed by atoms with Gasteiger partial charge in [-0.3, -0.25) is 4.79 Å². The van der Waals surface area contributed by atoms with E-state index in [-0.39, 0.29) is 12.7 Å². The van der Waals surface area contributed by atoms with E-state index in [1.54, 1.807) is 24.3 Å². The van der Waals surface area contributed by atoms with E-state index in [9.17, 15) is 14.4 Å². The van der Waals surface area contributed by atoms with Crippen LogP contribution in [-0.4, -0.2) is 35.3 Å². The van der Waals surface area contributed by atoms with Gasteiger partial charge < -0.3 is 19.9 Å². The van der Waals surface area contributed by atoms with Gasteiger partial charge in [-0.1, -0.05) is 30.3 Å². The molecule has 1 aromatic carbocycles. The van der Waals surface area contributed by atoms with Crippen molar-refractivity contribution in [2.24, 2.45) is 0 Å². The molecule has 1 amide bonds. The van der Waals surface area contributed by atoms with Gasteiger partial charge in [-0.15, -0.1) is 0 Å². The molecule has 7 nitrogen and oxygen atoms in total. The van der Waals surface area contributed by atoms with Gasteiger partial charge in [-0.2, -0.15) is 0 Å². The molecule has 0 aromatic heterocycles. The van der Waals surface area contributed by atoms with Crippen molar-refractivity contribution >= 4 is 18.0 Å². The van der Waals surface area contributed by atoms with Gasteiger partial charge >= 0.3 is 18.0 Å². The first kappa shape index (κ1) is 17.8. The summed E-state index contributed by atoms with van der Waals surface area (Å²) >= 11 is 0. The van der Waals surface area contributed by atoms with Crippen LogP contribution < -0.4 is 5.32 Å². The van der Waals surface area contributed by atoms with Crippen LogP contribution in [0.1, 0.15) is 37.7 Å². The number of ether oxygens (including phenoxy) is 2. The monoisotopic (exact) mass is 335 g/mol. The fourth-order valence-electron chi connectivity index (χ4n) is 2.51. The largest absolute Gasteiger partial charge is 0.480 e. The first-order valence-electron chi connectivity index (χ1n) is 7.94. The molecule has 2 N–H and O–H groups in total. The Kier molecular flexibility index (Phi) is 6.60. The summed E-state index contributed by atoms with van der Waals surface area (Å²) in [5, 5.41) is 11.3. The molecule has 1 aliphatic carbocycles. The third-order valence-electron chi connectivity index (χ3n) is 3.77. The predicted molar refractivity (Wildman–Crippen MR) is 84.2 cm³/mol. The average molecular weight is 335 g/mol. The van der Waals surface area contributed by atoms with Gasteiger partial charge in [0.2, 0.25) is 0 Å². The second-order valence-electron chi connectivity index (χ2n) is 5.70. The number of rotatable bonds is 7. The van der Waals surface area contributed by atoms with Gasteiger partial charge in [0.1, 0.15) is 18.8 Å². The molecular weight excluding hydrogens is 314 g/mol. The number of carboxylic acids is 1. The molecule has 0 radical (unpaired) electrons. The van der Waals surface area contributed by atoms with Crippen LogP contribution in [0.2, 0.25) is 0 Å². The Balaban J connectivity index is 1.78. The lowest BCUT2D eigenvalue weighted by atomic mass is 10.2. The third-order valence-corrected chi connectivity index (χ3v) is 3.77. The number of nitrogens with one attached hydrogen (secondary N) is 1. The lowest BCUT2D eigenvalue weighted by molar-refractivity contribution is -0.153. The molecule has 24 heavy (non-hydrogen) atoms. The zero-order valence-electron chi connectivity index (χ0n) is 13.3. The summed E-state index contributed by atoms with van der Waals surface area (Å²) in [6.45, 7) is 0.0194. The molecule has 0 saturated heterocycles. The van der Waals surface area contributed by atoms with Crippen molar-refractivity contribution in [3.8, 4) is 0 Å². The highest BCUT2D eigenvalue weighted by Gasteiger charge is 2.27. The van der Waals surface area contributed by atoms with Crippen LogP contribution in [0.25, 0.3) is 0 Å². The standard InChI is InChI=1S/C17H21NO6/c19-15(24-13-8-4-5-9-13)10-14(16(20)21)18-17(22)23-11-12-6-2-1-3-7-12/h1-3,6-7,13-14H,4-5,8-11H2,(H,18,22)(H,20,21)/t14-/m0/s1. The second-order valence-corrected chi connectivity index (χ2v) is 5.70. The molecule has 130 valence electrons. The summed E-state index contributed by atoms with van der Waals surface area (Å²) in [6, 6.07) is 7.62. The Morgan fingerprint density at radius 2 is 1.83 bits per heavy atom. The van der Waals surface area contributed by atoms with E-state index in [1.807, 2.05) is 6.07 Å². The number of carboxylic acid groups (broad SMARTS) is 1. The predicted octanol–water partition coefficient (Wildman–Crippen LogP) is 2.24. The lowest BCUT2D eigenvalue weighted by Crippen LogP contribution is -2.43. The van der Waals surface area contributed by atoms with Crippen molar-refractivity contribution in [1.82, 2.24) is 5.32 Å². The van der Waals surface area contributed by atoms with Crippen molar-refractivity contribution < 1.29 is 29.0 Å². The molecule has 1 aliphatic rings. The van der Waals surface area contributed by atoms with Crippen LogP contribution >= 0.6 is 0 Å². The summed E-state index contributed by atoms with van der Waals surface area (Å²) in [7, 11) is 0. The number of carbonyl (C=O) groups excluding carboxylic acids is 2. The normalized spacial score (nSPS) is 15.5. The molecule has 0 spiro atoms. The van der Waals surface area contributed by atoms with Crippen LogP contribution in [0.3, 0.4) is 0 Å².